The van der Waals surface area contributed by atoms with Crippen LogP contribution in [0.5, 0.6) is 5.88 Å². The van der Waals surface area contributed by atoms with E-state index in [0.29, 0.717) is 31.2 Å². The summed E-state index contributed by atoms with van der Waals surface area (Å²) >= 11 is 3.03. The van der Waals surface area contributed by atoms with Crippen molar-refractivity contribution in [2.75, 3.05) is 24.7 Å². The van der Waals surface area contributed by atoms with Gasteiger partial charge in [0.2, 0.25) is 5.88 Å². The van der Waals surface area contributed by atoms with Crippen molar-refractivity contribution < 1.29 is 19.4 Å². The molecule has 9 heteroatoms. The van der Waals surface area contributed by atoms with Gasteiger partial charge in [0.05, 0.1) is 0 Å². The van der Waals surface area contributed by atoms with Gasteiger partial charge in [-0.25, -0.2) is 0 Å². The number of hydrogen-bond donors (Lipinski definition) is 3. The van der Waals surface area contributed by atoms with Gasteiger partial charge in [0.1, 0.15) is 5.60 Å². The summed E-state index contributed by atoms with van der Waals surface area (Å²) in [6.45, 7) is 0.240. The largest absolute Gasteiger partial charge is 0.467 e. The third kappa shape index (κ3) is 5.83. The molecule has 1 aromatic rings. The average Bonchev–Trinajstić information content (AvgIpc) is 3.37. The molecular weight excluding hydrogens is 386 g/mol. The van der Waals surface area contributed by atoms with Crippen LogP contribution >= 0.6 is 23.3 Å². The highest BCUT2D eigenvalue weighted by atomic mass is 32.2. The standard InChI is InChI=1S/C18H27N3O4S2/c22-15(12-25-16-5-8-27-21-16)20-14(13-3-1-2-4-13)11-19-17(23)18(24)6-9-26-10-7-18/h5,8,13-14,24H,1-4,6-7,9-12H2,(H,19,23)(H,20,22). The van der Waals surface area contributed by atoms with Crippen molar-refractivity contribution in [2.24, 2.45) is 5.92 Å². The fourth-order valence-electron chi connectivity index (χ4n) is 3.66. The molecule has 2 fully saturated rings. The second kappa shape index (κ2) is 9.75. The van der Waals surface area contributed by atoms with Crippen molar-refractivity contribution >= 4 is 35.1 Å². The molecule has 0 aromatic carbocycles. The van der Waals surface area contributed by atoms with E-state index >= 15 is 0 Å². The van der Waals surface area contributed by atoms with Gasteiger partial charge >= 0.3 is 0 Å². The molecule has 1 saturated heterocycles. The molecule has 1 aromatic heterocycles. The highest BCUT2D eigenvalue weighted by Gasteiger charge is 2.38. The van der Waals surface area contributed by atoms with Crippen LogP contribution in [0.25, 0.3) is 0 Å². The fourth-order valence-corrected chi connectivity index (χ4v) is 5.29. The monoisotopic (exact) mass is 413 g/mol. The zero-order chi connectivity index (χ0) is 19.1. The van der Waals surface area contributed by atoms with E-state index < -0.39 is 5.60 Å². The lowest BCUT2D eigenvalue weighted by molar-refractivity contribution is -0.140. The number of carbonyl (C=O) groups excluding carboxylic acids is 2. The molecule has 0 radical (unpaired) electrons. The van der Waals surface area contributed by atoms with E-state index in [1.54, 1.807) is 23.2 Å². The van der Waals surface area contributed by atoms with E-state index in [2.05, 4.69) is 15.0 Å². The van der Waals surface area contributed by atoms with Crippen LogP contribution < -0.4 is 15.4 Å². The Balaban J connectivity index is 1.51. The van der Waals surface area contributed by atoms with Crippen LogP contribution in [0.2, 0.25) is 0 Å². The van der Waals surface area contributed by atoms with Crippen LogP contribution in [0.15, 0.2) is 11.4 Å². The van der Waals surface area contributed by atoms with E-state index in [1.165, 1.54) is 11.5 Å². The number of nitrogens with one attached hydrogen (secondary N) is 2. The van der Waals surface area contributed by atoms with E-state index in [1.807, 2.05) is 0 Å². The second-order valence-corrected chi connectivity index (χ2v) is 9.09. The molecule has 1 saturated carbocycles. The number of carbonyl (C=O) groups is 2. The number of rotatable bonds is 8. The molecule has 0 spiro atoms. The van der Waals surface area contributed by atoms with Crippen molar-refractivity contribution in [2.45, 2.75) is 50.2 Å². The van der Waals surface area contributed by atoms with Gasteiger partial charge in [0, 0.05) is 24.0 Å². The molecule has 0 bridgehead atoms. The van der Waals surface area contributed by atoms with Crippen molar-refractivity contribution in [1.82, 2.24) is 15.0 Å². The van der Waals surface area contributed by atoms with Gasteiger partial charge in [0.25, 0.3) is 11.8 Å². The van der Waals surface area contributed by atoms with Crippen LogP contribution in [0.1, 0.15) is 38.5 Å². The first kappa shape index (κ1) is 20.4. The van der Waals surface area contributed by atoms with Gasteiger partial charge in [-0.3, -0.25) is 9.59 Å². The molecule has 1 atom stereocenters. The minimum atomic E-state index is -1.27. The summed E-state index contributed by atoms with van der Waals surface area (Å²) in [5, 5.41) is 18.2. The summed E-state index contributed by atoms with van der Waals surface area (Å²) < 4.78 is 9.38. The zero-order valence-corrected chi connectivity index (χ0v) is 16.9. The smallest absolute Gasteiger partial charge is 0.258 e. The third-order valence-corrected chi connectivity index (χ3v) is 6.83. The summed E-state index contributed by atoms with van der Waals surface area (Å²) in [5.41, 5.74) is -1.27. The highest BCUT2D eigenvalue weighted by molar-refractivity contribution is 7.99. The molecule has 3 rings (SSSR count). The molecule has 1 aliphatic heterocycles. The van der Waals surface area contributed by atoms with Crippen LogP contribution in [0.3, 0.4) is 0 Å². The lowest BCUT2D eigenvalue weighted by Gasteiger charge is -2.32. The maximum atomic E-state index is 12.5. The number of amides is 2. The van der Waals surface area contributed by atoms with Crippen molar-refractivity contribution in [3.8, 4) is 5.88 Å². The minimum absolute atomic E-state index is 0.0952. The van der Waals surface area contributed by atoms with Crippen molar-refractivity contribution in [3.05, 3.63) is 11.4 Å². The van der Waals surface area contributed by atoms with Gasteiger partial charge in [0.15, 0.2) is 6.61 Å². The predicted octanol–water partition coefficient (Wildman–Crippen LogP) is 1.57. The topological polar surface area (TPSA) is 101 Å². The van der Waals surface area contributed by atoms with Gasteiger partial charge in [-0.05, 0) is 54.6 Å². The lowest BCUT2D eigenvalue weighted by Crippen LogP contribution is -2.54. The Hall–Kier alpha value is -1.32. The lowest BCUT2D eigenvalue weighted by atomic mass is 9.94. The Morgan fingerprint density at radius 1 is 1.33 bits per heavy atom. The second-order valence-electron chi connectivity index (χ2n) is 7.20. The Morgan fingerprint density at radius 3 is 2.74 bits per heavy atom. The van der Waals surface area contributed by atoms with E-state index in [-0.39, 0.29) is 24.5 Å². The van der Waals surface area contributed by atoms with Crippen LogP contribution in [0.4, 0.5) is 0 Å². The van der Waals surface area contributed by atoms with E-state index in [0.717, 1.165) is 37.2 Å². The van der Waals surface area contributed by atoms with Gasteiger partial charge in [-0.1, -0.05) is 12.8 Å². The average molecular weight is 414 g/mol. The fraction of sp³-hybridized carbons (Fsp3) is 0.722. The molecule has 1 unspecified atom stereocenters. The molecular formula is C18H27N3O4S2. The SMILES string of the molecule is O=C(COc1ccsn1)NC(CNC(=O)C1(O)CCSCC1)C1CCCC1. The maximum Gasteiger partial charge on any atom is 0.258 e. The number of aromatic nitrogens is 1. The number of hydrogen-bond acceptors (Lipinski definition) is 7. The van der Waals surface area contributed by atoms with Crippen molar-refractivity contribution in [1.29, 1.82) is 0 Å². The first-order valence-corrected chi connectivity index (χ1v) is 11.5. The summed E-state index contributed by atoms with van der Waals surface area (Å²) in [5.74, 6) is 1.82. The van der Waals surface area contributed by atoms with E-state index in [4.69, 9.17) is 4.74 Å². The van der Waals surface area contributed by atoms with Crippen molar-refractivity contribution in [3.63, 3.8) is 0 Å². The predicted molar refractivity (Wildman–Crippen MR) is 106 cm³/mol. The molecule has 27 heavy (non-hydrogen) atoms. The molecule has 2 heterocycles. The highest BCUT2D eigenvalue weighted by Crippen LogP contribution is 2.29. The van der Waals surface area contributed by atoms with Gasteiger partial charge in [-0.15, -0.1) is 0 Å². The van der Waals surface area contributed by atoms with Gasteiger partial charge in [-0.2, -0.15) is 16.1 Å². The Kier molecular flexibility index (Phi) is 7.37. The first-order chi connectivity index (χ1) is 13.1. The molecule has 3 N–H and O–H groups in total. The van der Waals surface area contributed by atoms with E-state index in [9.17, 15) is 14.7 Å². The number of ether oxygens (including phenoxy) is 1. The maximum absolute atomic E-state index is 12.5. The minimum Gasteiger partial charge on any atom is -0.467 e. The summed E-state index contributed by atoms with van der Waals surface area (Å²) in [7, 11) is 0. The zero-order valence-electron chi connectivity index (χ0n) is 15.3. The van der Waals surface area contributed by atoms with Crippen LogP contribution in [0, 0.1) is 5.92 Å². The third-order valence-electron chi connectivity index (χ3n) is 5.31. The summed E-state index contributed by atoms with van der Waals surface area (Å²) in [6, 6.07) is 1.57. The molecule has 2 aliphatic rings. The summed E-state index contributed by atoms with van der Waals surface area (Å²) in [6.07, 6.45) is 5.31. The molecule has 7 nitrogen and oxygen atoms in total. The molecule has 1 aliphatic carbocycles. The van der Waals surface area contributed by atoms with Crippen LogP contribution in [-0.2, 0) is 9.59 Å². The Morgan fingerprint density at radius 2 is 2.07 bits per heavy atom. The normalized spacial score (nSPS) is 20.8. The number of thioether (sulfide) groups is 1. The Bertz CT molecular complexity index is 614. The van der Waals surface area contributed by atoms with Gasteiger partial charge < -0.3 is 20.5 Å². The van der Waals surface area contributed by atoms with Crippen LogP contribution in [-0.4, -0.2) is 57.6 Å². The number of nitrogens with zero attached hydrogens (tertiary/aromatic N) is 1. The first-order valence-electron chi connectivity index (χ1n) is 9.48. The Labute approximate surface area is 167 Å². The molecule has 2 amide bonds. The number of aliphatic hydroxyl groups is 1. The summed E-state index contributed by atoms with van der Waals surface area (Å²) in [4.78, 5) is 24.8. The quantitative estimate of drug-likeness (QED) is 0.598. The molecule has 150 valence electrons.